The Hall–Kier alpha value is -3.13. The first-order valence-corrected chi connectivity index (χ1v) is 9.15. The molecule has 0 saturated heterocycles. The van der Waals surface area contributed by atoms with Crippen LogP contribution in [0.4, 0.5) is 5.82 Å². The van der Waals surface area contributed by atoms with Crippen molar-refractivity contribution in [1.82, 2.24) is 25.0 Å². The third-order valence-corrected chi connectivity index (χ3v) is 4.84. The van der Waals surface area contributed by atoms with E-state index in [1.807, 2.05) is 29.8 Å². The van der Waals surface area contributed by atoms with Crippen LogP contribution in [0.5, 0.6) is 11.6 Å². The smallest absolute Gasteiger partial charge is 0.242 e. The van der Waals surface area contributed by atoms with E-state index in [9.17, 15) is 0 Å². The maximum absolute atomic E-state index is 6.23. The van der Waals surface area contributed by atoms with E-state index in [4.69, 9.17) is 21.1 Å². The Balaban J connectivity index is 1.78. The maximum Gasteiger partial charge on any atom is 0.242 e. The summed E-state index contributed by atoms with van der Waals surface area (Å²) in [7, 11) is 3.16. The molecule has 4 aromatic rings. The zero-order valence-corrected chi connectivity index (χ0v) is 16.5. The number of nitrogens with zero attached hydrogens (tertiary/aromatic N) is 5. The van der Waals surface area contributed by atoms with Gasteiger partial charge < -0.3 is 14.8 Å². The zero-order valence-electron chi connectivity index (χ0n) is 15.7. The number of nitrogens with one attached hydrogen (secondary N) is 1. The Morgan fingerprint density at radius 3 is 2.68 bits per heavy atom. The number of aromatic nitrogens is 5. The second kappa shape index (κ2) is 7.47. The Kier molecular flexibility index (Phi) is 4.87. The number of ether oxygens (including phenoxy) is 2. The number of hydrogen-bond acceptors (Lipinski definition) is 7. The van der Waals surface area contributed by atoms with Gasteiger partial charge in [-0.25, -0.2) is 9.67 Å². The molecule has 0 spiro atoms. The molecular formula is C19H19ClN6O2. The molecule has 9 heteroatoms. The van der Waals surface area contributed by atoms with Crippen LogP contribution in [-0.4, -0.2) is 39.2 Å². The summed E-state index contributed by atoms with van der Waals surface area (Å²) in [6.45, 7) is 3.27. The second-order valence-electron chi connectivity index (χ2n) is 6.12. The van der Waals surface area contributed by atoms with E-state index < -0.39 is 0 Å². The summed E-state index contributed by atoms with van der Waals surface area (Å²) in [5.74, 6) is 1.69. The van der Waals surface area contributed by atoms with Crippen molar-refractivity contribution in [2.45, 2.75) is 20.0 Å². The number of halogens is 1. The Morgan fingerprint density at radius 2 is 1.96 bits per heavy atom. The molecule has 28 heavy (non-hydrogen) atoms. The molecule has 0 aliphatic rings. The van der Waals surface area contributed by atoms with Crippen LogP contribution in [0.1, 0.15) is 12.5 Å². The van der Waals surface area contributed by atoms with Crippen LogP contribution >= 0.6 is 11.6 Å². The monoisotopic (exact) mass is 398 g/mol. The molecule has 1 aromatic carbocycles. The van der Waals surface area contributed by atoms with Crippen molar-refractivity contribution in [3.8, 4) is 11.6 Å². The van der Waals surface area contributed by atoms with Gasteiger partial charge in [-0.2, -0.15) is 5.10 Å². The van der Waals surface area contributed by atoms with E-state index >= 15 is 0 Å². The van der Waals surface area contributed by atoms with Crippen LogP contribution in [0.2, 0.25) is 5.02 Å². The molecule has 0 fully saturated rings. The number of fused-ring (bicyclic) bond motifs is 3. The van der Waals surface area contributed by atoms with Crippen LogP contribution in [0.15, 0.2) is 30.6 Å². The lowest BCUT2D eigenvalue weighted by molar-refractivity contribution is 0.398. The van der Waals surface area contributed by atoms with Gasteiger partial charge in [-0.3, -0.25) is 0 Å². The highest BCUT2D eigenvalue weighted by molar-refractivity contribution is 6.32. The number of anilines is 1. The Morgan fingerprint density at radius 1 is 1.11 bits per heavy atom. The van der Waals surface area contributed by atoms with Crippen LogP contribution < -0.4 is 14.8 Å². The molecule has 0 unspecified atom stereocenters. The number of aryl methyl sites for hydroxylation is 1. The molecular weight excluding hydrogens is 380 g/mol. The predicted octanol–water partition coefficient (Wildman–Crippen LogP) is 3.68. The van der Waals surface area contributed by atoms with E-state index in [2.05, 4.69) is 25.6 Å². The Labute approximate surface area is 166 Å². The third kappa shape index (κ3) is 3.05. The van der Waals surface area contributed by atoms with Crippen LogP contribution in [0.3, 0.4) is 0 Å². The number of pyridine rings is 1. The molecule has 1 N–H and O–H groups in total. The van der Waals surface area contributed by atoms with Crippen molar-refractivity contribution in [2.24, 2.45) is 0 Å². The summed E-state index contributed by atoms with van der Waals surface area (Å²) in [4.78, 5) is 4.53. The number of methoxy groups -OCH3 is 2. The highest BCUT2D eigenvalue weighted by Gasteiger charge is 2.16. The Bertz CT molecular complexity index is 1160. The minimum atomic E-state index is 0.423. The van der Waals surface area contributed by atoms with Crippen molar-refractivity contribution in [3.05, 3.63) is 41.2 Å². The first-order chi connectivity index (χ1) is 13.7. The topological polar surface area (TPSA) is 87.0 Å². The molecule has 4 rings (SSSR count). The van der Waals surface area contributed by atoms with E-state index in [0.717, 1.165) is 33.9 Å². The maximum atomic E-state index is 6.23. The van der Waals surface area contributed by atoms with E-state index in [1.54, 1.807) is 26.6 Å². The van der Waals surface area contributed by atoms with Gasteiger partial charge in [0.05, 0.1) is 36.2 Å². The van der Waals surface area contributed by atoms with Crippen LogP contribution in [-0.2, 0) is 13.1 Å². The lowest BCUT2D eigenvalue weighted by Crippen LogP contribution is -2.05. The fraction of sp³-hybridized carbons (Fsp3) is 0.263. The van der Waals surface area contributed by atoms with Gasteiger partial charge in [-0.1, -0.05) is 17.7 Å². The average Bonchev–Trinajstić information content (AvgIpc) is 3.15. The van der Waals surface area contributed by atoms with Crippen molar-refractivity contribution in [2.75, 3.05) is 19.5 Å². The summed E-state index contributed by atoms with van der Waals surface area (Å²) in [6, 6.07) is 5.65. The minimum Gasteiger partial charge on any atom is -0.495 e. The van der Waals surface area contributed by atoms with E-state index in [-0.39, 0.29) is 0 Å². The molecule has 0 bridgehead atoms. The molecule has 0 atom stereocenters. The molecule has 3 aromatic heterocycles. The van der Waals surface area contributed by atoms with Crippen LogP contribution in [0, 0.1) is 0 Å². The third-order valence-electron chi connectivity index (χ3n) is 4.54. The molecule has 8 nitrogen and oxygen atoms in total. The summed E-state index contributed by atoms with van der Waals surface area (Å²) in [6.07, 6.45) is 3.54. The fourth-order valence-corrected chi connectivity index (χ4v) is 3.44. The van der Waals surface area contributed by atoms with Gasteiger partial charge in [-0.15, -0.1) is 10.2 Å². The van der Waals surface area contributed by atoms with E-state index in [1.165, 1.54) is 0 Å². The highest BCUT2D eigenvalue weighted by atomic mass is 35.5. The van der Waals surface area contributed by atoms with Gasteiger partial charge in [0.25, 0.3) is 0 Å². The quantitative estimate of drug-likeness (QED) is 0.530. The van der Waals surface area contributed by atoms with Crippen LogP contribution in [0.25, 0.3) is 21.8 Å². The molecule has 3 heterocycles. The first kappa shape index (κ1) is 18.2. The predicted molar refractivity (Wildman–Crippen MR) is 108 cm³/mol. The average molecular weight is 399 g/mol. The minimum absolute atomic E-state index is 0.423. The molecule has 0 aliphatic carbocycles. The molecule has 0 radical (unpaired) electrons. The number of hydrogen-bond donors (Lipinski definition) is 1. The number of benzene rings is 1. The van der Waals surface area contributed by atoms with Gasteiger partial charge >= 0.3 is 0 Å². The van der Waals surface area contributed by atoms with Crippen molar-refractivity contribution in [1.29, 1.82) is 0 Å². The fourth-order valence-electron chi connectivity index (χ4n) is 3.15. The SMILES string of the molecule is CCn1ncc2c3c(NCc4ccc(OC)c(Cl)c4)nnc(OC)c3cnc21. The zero-order chi connectivity index (χ0) is 19.7. The molecule has 0 amide bonds. The highest BCUT2D eigenvalue weighted by Crippen LogP contribution is 2.33. The largest absolute Gasteiger partial charge is 0.495 e. The standard InChI is InChI=1S/C19H19ClN6O2/c1-4-26-18-12(10-23-26)16-13(9-22-18)19(28-3)25-24-17(16)21-8-11-5-6-15(27-2)14(20)7-11/h5-7,9-10H,4,8H2,1-3H3,(H,21,24). The first-order valence-electron chi connectivity index (χ1n) is 8.77. The van der Waals surface area contributed by atoms with E-state index in [0.29, 0.717) is 29.0 Å². The molecule has 0 aliphatic heterocycles. The summed E-state index contributed by atoms with van der Waals surface area (Å²) in [5.41, 5.74) is 1.78. The van der Waals surface area contributed by atoms with Gasteiger partial charge in [0, 0.05) is 24.7 Å². The van der Waals surface area contributed by atoms with Crippen molar-refractivity contribution >= 4 is 39.2 Å². The summed E-state index contributed by atoms with van der Waals surface area (Å²) >= 11 is 6.23. The van der Waals surface area contributed by atoms with Gasteiger partial charge in [0.1, 0.15) is 5.75 Å². The van der Waals surface area contributed by atoms with Crippen molar-refractivity contribution in [3.63, 3.8) is 0 Å². The van der Waals surface area contributed by atoms with Gasteiger partial charge in [0.15, 0.2) is 11.5 Å². The lowest BCUT2D eigenvalue weighted by Gasteiger charge is -2.12. The molecule has 0 saturated carbocycles. The van der Waals surface area contributed by atoms with Gasteiger partial charge in [0.2, 0.25) is 5.88 Å². The van der Waals surface area contributed by atoms with Gasteiger partial charge in [-0.05, 0) is 24.6 Å². The lowest BCUT2D eigenvalue weighted by atomic mass is 10.1. The van der Waals surface area contributed by atoms with Crippen molar-refractivity contribution < 1.29 is 9.47 Å². The number of rotatable bonds is 6. The summed E-state index contributed by atoms with van der Waals surface area (Å²) < 4.78 is 12.4. The normalized spacial score (nSPS) is 11.1. The molecule has 144 valence electrons. The second-order valence-corrected chi connectivity index (χ2v) is 6.53. The summed E-state index contributed by atoms with van der Waals surface area (Å²) in [5, 5.41) is 19.4.